The van der Waals surface area contributed by atoms with Crippen LogP contribution < -0.4 is 0 Å². The highest BCUT2D eigenvalue weighted by atomic mass is 32.2. The molecule has 0 aliphatic heterocycles. The third-order valence-electron chi connectivity index (χ3n) is 3.54. The maximum absolute atomic E-state index is 14.1. The van der Waals surface area contributed by atoms with Crippen LogP contribution in [0.4, 0.5) is 8.78 Å². The van der Waals surface area contributed by atoms with Crippen LogP contribution in [0.15, 0.2) is 60.8 Å². The molecule has 24 heavy (non-hydrogen) atoms. The average Bonchev–Trinajstić information content (AvgIpc) is 2.56. The van der Waals surface area contributed by atoms with E-state index in [0.717, 1.165) is 0 Å². The molecule has 6 heteroatoms. The highest BCUT2D eigenvalue weighted by Crippen LogP contribution is 2.31. The Labute approximate surface area is 140 Å². The number of benzene rings is 2. The number of aromatic nitrogens is 1. The first-order chi connectivity index (χ1) is 11.5. The van der Waals surface area contributed by atoms with E-state index >= 15 is 0 Å². The highest BCUT2D eigenvalue weighted by molar-refractivity contribution is 7.78. The van der Waals surface area contributed by atoms with Crippen LogP contribution in [0.5, 0.6) is 0 Å². The van der Waals surface area contributed by atoms with Gasteiger partial charge in [-0.25, -0.2) is 8.78 Å². The Kier molecular flexibility index (Phi) is 4.78. The van der Waals surface area contributed by atoms with Crippen LogP contribution in [-0.2, 0) is 16.8 Å². The van der Waals surface area contributed by atoms with Crippen molar-refractivity contribution in [1.29, 1.82) is 0 Å². The zero-order valence-electron chi connectivity index (χ0n) is 12.4. The second-order valence-corrected chi connectivity index (χ2v) is 6.06. The van der Waals surface area contributed by atoms with Crippen molar-refractivity contribution in [3.63, 3.8) is 0 Å². The van der Waals surface area contributed by atoms with Gasteiger partial charge in [0.2, 0.25) is 0 Å². The summed E-state index contributed by atoms with van der Waals surface area (Å²) >= 11 is -2.36. The number of rotatable bonds is 4. The number of hydrogen-bond acceptors (Lipinski definition) is 3. The molecule has 0 amide bonds. The lowest BCUT2D eigenvalue weighted by atomic mass is 9.98. The Balaban J connectivity index is 2.08. The maximum Gasteiger partial charge on any atom is 0.127 e. The molecule has 0 saturated carbocycles. The minimum absolute atomic E-state index is 0.0929. The van der Waals surface area contributed by atoms with Gasteiger partial charge in [-0.05, 0) is 35.4 Å². The SMILES string of the molecule is O=S([O-])Cc1ccc(-c2ncccc2-c2cccc(F)c2)cc1F. The summed E-state index contributed by atoms with van der Waals surface area (Å²) in [5.74, 6) is -1.38. The summed E-state index contributed by atoms with van der Waals surface area (Å²) in [6.07, 6.45) is 1.57. The molecular formula is C18H12F2NO2S-. The minimum atomic E-state index is -2.36. The fourth-order valence-corrected chi connectivity index (χ4v) is 2.95. The van der Waals surface area contributed by atoms with E-state index in [4.69, 9.17) is 0 Å². The Bertz CT molecular complexity index is 915. The molecule has 0 saturated heterocycles. The predicted molar refractivity (Wildman–Crippen MR) is 87.6 cm³/mol. The van der Waals surface area contributed by atoms with Crippen LogP contribution in [0.1, 0.15) is 5.56 Å². The van der Waals surface area contributed by atoms with Gasteiger partial charge in [-0.3, -0.25) is 9.19 Å². The van der Waals surface area contributed by atoms with Crippen molar-refractivity contribution < 1.29 is 17.5 Å². The maximum atomic E-state index is 14.1. The zero-order chi connectivity index (χ0) is 17.1. The van der Waals surface area contributed by atoms with E-state index in [0.29, 0.717) is 22.4 Å². The molecule has 1 atom stereocenters. The molecule has 122 valence electrons. The van der Waals surface area contributed by atoms with E-state index < -0.39 is 16.9 Å². The van der Waals surface area contributed by atoms with Gasteiger partial charge in [-0.2, -0.15) is 0 Å². The average molecular weight is 344 g/mol. The summed E-state index contributed by atoms with van der Waals surface area (Å²) in [4.78, 5) is 4.28. The molecule has 0 N–H and O–H groups in total. The predicted octanol–water partition coefficient (Wildman–Crippen LogP) is 4.07. The van der Waals surface area contributed by atoms with Crippen LogP contribution >= 0.6 is 0 Å². The first kappa shape index (κ1) is 16.4. The van der Waals surface area contributed by atoms with Gasteiger partial charge in [0.25, 0.3) is 0 Å². The van der Waals surface area contributed by atoms with E-state index in [-0.39, 0.29) is 17.1 Å². The van der Waals surface area contributed by atoms with Crippen LogP contribution in [-0.4, -0.2) is 13.7 Å². The Hall–Kier alpha value is -2.44. The molecule has 1 unspecified atom stereocenters. The molecule has 1 aromatic heterocycles. The highest BCUT2D eigenvalue weighted by Gasteiger charge is 2.12. The van der Waals surface area contributed by atoms with Crippen LogP contribution in [0.3, 0.4) is 0 Å². The van der Waals surface area contributed by atoms with E-state index in [9.17, 15) is 17.5 Å². The van der Waals surface area contributed by atoms with Gasteiger partial charge in [0.15, 0.2) is 0 Å². The topological polar surface area (TPSA) is 53.0 Å². The lowest BCUT2D eigenvalue weighted by Crippen LogP contribution is -1.98. The van der Waals surface area contributed by atoms with Crippen molar-refractivity contribution in [2.45, 2.75) is 5.75 Å². The van der Waals surface area contributed by atoms with Gasteiger partial charge in [0.1, 0.15) is 11.6 Å². The number of nitrogens with zero attached hydrogens (tertiary/aromatic N) is 1. The first-order valence-corrected chi connectivity index (χ1v) is 8.34. The van der Waals surface area contributed by atoms with Crippen molar-refractivity contribution in [3.05, 3.63) is 78.0 Å². The minimum Gasteiger partial charge on any atom is -0.772 e. The van der Waals surface area contributed by atoms with Crippen molar-refractivity contribution in [2.24, 2.45) is 0 Å². The zero-order valence-corrected chi connectivity index (χ0v) is 13.2. The third-order valence-corrected chi connectivity index (χ3v) is 4.09. The quantitative estimate of drug-likeness (QED) is 0.670. The van der Waals surface area contributed by atoms with Gasteiger partial charge in [0, 0.05) is 23.1 Å². The molecule has 3 aromatic rings. The summed E-state index contributed by atoms with van der Waals surface area (Å²) < 4.78 is 49.1. The summed E-state index contributed by atoms with van der Waals surface area (Å²) in [5, 5.41) is 0. The largest absolute Gasteiger partial charge is 0.772 e. The molecule has 3 rings (SSSR count). The van der Waals surface area contributed by atoms with Gasteiger partial charge in [-0.15, -0.1) is 0 Å². The molecule has 0 bridgehead atoms. The molecule has 0 spiro atoms. The summed E-state index contributed by atoms with van der Waals surface area (Å²) in [6.45, 7) is 0. The second-order valence-electron chi connectivity index (χ2n) is 5.16. The fourth-order valence-electron chi connectivity index (χ4n) is 2.46. The summed E-state index contributed by atoms with van der Waals surface area (Å²) in [7, 11) is 0. The lowest BCUT2D eigenvalue weighted by Gasteiger charge is -2.11. The van der Waals surface area contributed by atoms with Crippen LogP contribution in [0.25, 0.3) is 22.4 Å². The molecule has 3 nitrogen and oxygen atoms in total. The molecule has 0 radical (unpaired) electrons. The van der Waals surface area contributed by atoms with Crippen molar-refractivity contribution in [3.8, 4) is 22.4 Å². The van der Waals surface area contributed by atoms with E-state index in [1.54, 1.807) is 36.5 Å². The van der Waals surface area contributed by atoms with Crippen LogP contribution in [0, 0.1) is 11.6 Å². The molecule has 0 aliphatic rings. The number of pyridine rings is 1. The Morgan fingerprint density at radius 1 is 1.00 bits per heavy atom. The molecular weight excluding hydrogens is 332 g/mol. The Morgan fingerprint density at radius 2 is 1.83 bits per heavy atom. The summed E-state index contributed by atoms with van der Waals surface area (Å²) in [5.41, 5.74) is 2.37. The van der Waals surface area contributed by atoms with Crippen molar-refractivity contribution in [2.75, 3.05) is 0 Å². The molecule has 0 fully saturated rings. The molecule has 2 aromatic carbocycles. The monoisotopic (exact) mass is 344 g/mol. The van der Waals surface area contributed by atoms with Gasteiger partial charge in [0.05, 0.1) is 5.69 Å². The number of halogens is 2. The van der Waals surface area contributed by atoms with Crippen molar-refractivity contribution >= 4 is 11.1 Å². The normalized spacial score (nSPS) is 12.1. The van der Waals surface area contributed by atoms with E-state index in [1.165, 1.54) is 24.3 Å². The van der Waals surface area contributed by atoms with E-state index in [1.807, 2.05) is 0 Å². The van der Waals surface area contributed by atoms with Gasteiger partial charge < -0.3 is 4.55 Å². The summed E-state index contributed by atoms with van der Waals surface area (Å²) in [6, 6.07) is 13.8. The van der Waals surface area contributed by atoms with Gasteiger partial charge >= 0.3 is 0 Å². The fraction of sp³-hybridized carbons (Fsp3) is 0.0556. The molecule has 0 aliphatic carbocycles. The first-order valence-electron chi connectivity index (χ1n) is 7.10. The second kappa shape index (κ2) is 6.98. The van der Waals surface area contributed by atoms with E-state index in [2.05, 4.69) is 4.98 Å². The standard InChI is InChI=1S/C18H13F2NO2S/c19-15-4-1-3-12(9-15)16-5-2-8-21-18(16)13-6-7-14(11-24(22)23)17(20)10-13/h1-10H,11H2,(H,22,23)/p-1. The number of hydrogen-bond donors (Lipinski definition) is 0. The Morgan fingerprint density at radius 3 is 2.54 bits per heavy atom. The smallest absolute Gasteiger partial charge is 0.127 e. The van der Waals surface area contributed by atoms with Gasteiger partial charge in [-0.1, -0.05) is 41.4 Å². The third kappa shape index (κ3) is 3.55. The molecule has 1 heterocycles. The van der Waals surface area contributed by atoms with Crippen LogP contribution in [0.2, 0.25) is 0 Å². The van der Waals surface area contributed by atoms with Crippen molar-refractivity contribution in [1.82, 2.24) is 4.98 Å². The lowest BCUT2D eigenvalue weighted by molar-refractivity contribution is 0.533.